The average molecular weight is 353 g/mol. The minimum atomic E-state index is -0.538. The molecule has 1 atom stereocenters. The van der Waals surface area contributed by atoms with E-state index >= 15 is 0 Å². The van der Waals surface area contributed by atoms with E-state index in [-0.39, 0.29) is 6.61 Å². The molecule has 1 aliphatic rings. The lowest BCUT2D eigenvalue weighted by atomic mass is 10.1. The maximum absolute atomic E-state index is 10.0. The summed E-state index contributed by atoms with van der Waals surface area (Å²) >= 11 is 7.78. The van der Waals surface area contributed by atoms with Gasteiger partial charge in [-0.1, -0.05) is 41.4 Å². The highest BCUT2D eigenvalue weighted by Gasteiger charge is 2.15. The minimum Gasteiger partial charge on any atom is -0.392 e. The standard InChI is InChI=1S/C17H21ClN2O2S/c18-17(16-10-13-6-2-3-7-15(13)23-16)19-22-12-14(21)11-20-8-4-1-5-9-20/h2-3,6-7,10,14,21H,1,4-5,8-9,11-12H2/b19-17-. The summed E-state index contributed by atoms with van der Waals surface area (Å²) in [6, 6.07) is 10.1. The van der Waals surface area contributed by atoms with Crippen molar-refractivity contribution < 1.29 is 9.94 Å². The van der Waals surface area contributed by atoms with Crippen molar-refractivity contribution in [3.63, 3.8) is 0 Å². The van der Waals surface area contributed by atoms with Gasteiger partial charge in [-0.2, -0.15) is 0 Å². The van der Waals surface area contributed by atoms with Crippen LogP contribution >= 0.6 is 22.9 Å². The number of rotatable bonds is 6. The molecule has 2 heterocycles. The number of thiophene rings is 1. The highest BCUT2D eigenvalue weighted by Crippen LogP contribution is 2.26. The first-order chi connectivity index (χ1) is 11.2. The fourth-order valence-electron chi connectivity index (χ4n) is 2.80. The van der Waals surface area contributed by atoms with Gasteiger partial charge in [-0.05, 0) is 43.5 Å². The molecule has 0 radical (unpaired) electrons. The fourth-order valence-corrected chi connectivity index (χ4v) is 3.96. The number of aliphatic hydroxyl groups excluding tert-OH is 1. The van der Waals surface area contributed by atoms with Gasteiger partial charge in [-0.3, -0.25) is 0 Å². The van der Waals surface area contributed by atoms with E-state index in [9.17, 15) is 5.11 Å². The molecule has 3 rings (SSSR count). The number of piperidine rings is 1. The maximum atomic E-state index is 10.0. The molecule has 2 aromatic rings. The topological polar surface area (TPSA) is 45.1 Å². The van der Waals surface area contributed by atoms with Crippen LogP contribution in [0.15, 0.2) is 35.5 Å². The molecule has 0 bridgehead atoms. The monoisotopic (exact) mass is 352 g/mol. The third kappa shape index (κ3) is 4.67. The van der Waals surface area contributed by atoms with E-state index < -0.39 is 6.10 Å². The molecule has 0 aliphatic carbocycles. The second-order valence-corrected chi connectivity index (χ2v) is 7.28. The zero-order valence-electron chi connectivity index (χ0n) is 12.9. The Morgan fingerprint density at radius 3 is 2.87 bits per heavy atom. The molecule has 6 heteroatoms. The summed E-state index contributed by atoms with van der Waals surface area (Å²) in [7, 11) is 0. The molecule has 124 valence electrons. The van der Waals surface area contributed by atoms with E-state index in [0.717, 1.165) is 23.4 Å². The summed E-state index contributed by atoms with van der Waals surface area (Å²) in [6.07, 6.45) is 3.18. The van der Waals surface area contributed by atoms with Gasteiger partial charge in [0.15, 0.2) is 5.17 Å². The second-order valence-electron chi connectivity index (χ2n) is 5.84. The van der Waals surface area contributed by atoms with Crippen LogP contribution in [0.1, 0.15) is 24.1 Å². The smallest absolute Gasteiger partial charge is 0.185 e. The van der Waals surface area contributed by atoms with Gasteiger partial charge in [0.1, 0.15) is 12.7 Å². The average Bonchev–Trinajstić information content (AvgIpc) is 3.00. The molecule has 4 nitrogen and oxygen atoms in total. The summed E-state index contributed by atoms with van der Waals surface area (Å²) < 4.78 is 1.17. The third-order valence-corrected chi connectivity index (χ3v) is 5.47. The number of aliphatic hydroxyl groups is 1. The van der Waals surface area contributed by atoms with Gasteiger partial charge in [0.05, 0.1) is 4.88 Å². The van der Waals surface area contributed by atoms with Gasteiger partial charge >= 0.3 is 0 Å². The first-order valence-corrected chi connectivity index (χ1v) is 9.16. The van der Waals surface area contributed by atoms with E-state index in [1.165, 1.54) is 24.0 Å². The van der Waals surface area contributed by atoms with Crippen molar-refractivity contribution in [3.8, 4) is 0 Å². The molecule has 1 fully saturated rings. The first kappa shape index (κ1) is 16.7. The van der Waals surface area contributed by atoms with Crippen molar-refractivity contribution in [3.05, 3.63) is 35.2 Å². The van der Waals surface area contributed by atoms with Crippen molar-refractivity contribution in [1.82, 2.24) is 4.90 Å². The van der Waals surface area contributed by atoms with E-state index in [1.54, 1.807) is 11.3 Å². The number of benzene rings is 1. The first-order valence-electron chi connectivity index (χ1n) is 7.97. The molecule has 1 aliphatic heterocycles. The fraction of sp³-hybridized carbons (Fsp3) is 0.471. The van der Waals surface area contributed by atoms with E-state index in [2.05, 4.69) is 16.1 Å². The summed E-state index contributed by atoms with van der Waals surface area (Å²) in [5, 5.41) is 15.4. The van der Waals surface area contributed by atoms with Gasteiger partial charge in [0.25, 0.3) is 0 Å². The largest absolute Gasteiger partial charge is 0.392 e. The predicted octanol–water partition coefficient (Wildman–Crippen LogP) is 3.67. The van der Waals surface area contributed by atoms with Gasteiger partial charge < -0.3 is 14.8 Å². The van der Waals surface area contributed by atoms with Crippen LogP contribution in [-0.2, 0) is 4.84 Å². The molecular weight excluding hydrogens is 332 g/mol. The quantitative estimate of drug-likeness (QED) is 0.637. The Kier molecular flexibility index (Phi) is 5.89. The number of β-amino-alcohol motifs (C(OH)–C–C–N with tert-alkyl or cyclic N) is 1. The van der Waals surface area contributed by atoms with Crippen LogP contribution in [0.5, 0.6) is 0 Å². The van der Waals surface area contributed by atoms with Gasteiger partial charge in [-0.25, -0.2) is 0 Å². The highest BCUT2D eigenvalue weighted by atomic mass is 35.5. The summed E-state index contributed by atoms with van der Waals surface area (Å²) in [5.74, 6) is 0. The van der Waals surface area contributed by atoms with Crippen LogP contribution < -0.4 is 0 Å². The predicted molar refractivity (Wildman–Crippen MR) is 96.5 cm³/mol. The van der Waals surface area contributed by atoms with Gasteiger partial charge in [-0.15, -0.1) is 11.3 Å². The lowest BCUT2D eigenvalue weighted by Crippen LogP contribution is -2.38. The number of halogens is 1. The number of hydrogen-bond donors (Lipinski definition) is 1. The molecule has 1 aromatic heterocycles. The number of likely N-dealkylation sites (tertiary alicyclic amines) is 1. The maximum Gasteiger partial charge on any atom is 0.185 e. The summed E-state index contributed by atoms with van der Waals surface area (Å²) in [6.45, 7) is 2.92. The van der Waals surface area contributed by atoms with Crippen molar-refractivity contribution in [2.24, 2.45) is 5.16 Å². The van der Waals surface area contributed by atoms with Crippen LogP contribution in [0.2, 0.25) is 0 Å². The van der Waals surface area contributed by atoms with Crippen molar-refractivity contribution in [1.29, 1.82) is 0 Å². The van der Waals surface area contributed by atoms with Crippen LogP contribution in [0.25, 0.3) is 10.1 Å². The zero-order valence-corrected chi connectivity index (χ0v) is 14.5. The molecule has 1 saturated heterocycles. The van der Waals surface area contributed by atoms with Crippen LogP contribution in [0.3, 0.4) is 0 Å². The molecule has 1 N–H and O–H groups in total. The van der Waals surface area contributed by atoms with Gasteiger partial charge in [0.2, 0.25) is 0 Å². The number of hydrogen-bond acceptors (Lipinski definition) is 5. The second kappa shape index (κ2) is 8.11. The lowest BCUT2D eigenvalue weighted by Gasteiger charge is -2.27. The summed E-state index contributed by atoms with van der Waals surface area (Å²) in [4.78, 5) is 8.38. The Labute approximate surface area is 145 Å². The molecule has 0 spiro atoms. The molecule has 0 saturated carbocycles. The molecule has 1 aromatic carbocycles. The van der Waals surface area contributed by atoms with Gasteiger partial charge in [0, 0.05) is 11.2 Å². The van der Waals surface area contributed by atoms with Crippen molar-refractivity contribution in [2.75, 3.05) is 26.2 Å². The number of oxime groups is 1. The Bertz CT molecular complexity index is 634. The van der Waals surface area contributed by atoms with E-state index in [1.807, 2.05) is 24.3 Å². The van der Waals surface area contributed by atoms with E-state index in [0.29, 0.717) is 11.7 Å². The molecule has 1 unspecified atom stereocenters. The molecular formula is C17H21ClN2O2S. The number of fused-ring (bicyclic) bond motifs is 1. The van der Waals surface area contributed by atoms with Crippen molar-refractivity contribution in [2.45, 2.75) is 25.4 Å². The minimum absolute atomic E-state index is 0.164. The number of nitrogens with zero attached hydrogens (tertiary/aromatic N) is 2. The molecule has 23 heavy (non-hydrogen) atoms. The molecule has 0 amide bonds. The lowest BCUT2D eigenvalue weighted by molar-refractivity contribution is 0.0161. The zero-order chi connectivity index (χ0) is 16.1. The Balaban J connectivity index is 1.50. The summed E-state index contributed by atoms with van der Waals surface area (Å²) in [5.41, 5.74) is 0. The van der Waals surface area contributed by atoms with Crippen LogP contribution in [0.4, 0.5) is 0 Å². The highest BCUT2D eigenvalue weighted by molar-refractivity contribution is 7.22. The Hall–Kier alpha value is -1.14. The SMILES string of the molecule is OC(CO/N=C(\Cl)c1cc2ccccc2s1)CN1CCCCC1. The Morgan fingerprint density at radius 1 is 1.30 bits per heavy atom. The van der Waals surface area contributed by atoms with Crippen LogP contribution in [0, 0.1) is 0 Å². The Morgan fingerprint density at radius 2 is 2.09 bits per heavy atom. The third-order valence-electron chi connectivity index (χ3n) is 3.96. The van der Waals surface area contributed by atoms with Crippen LogP contribution in [-0.4, -0.2) is 47.5 Å². The van der Waals surface area contributed by atoms with Crippen molar-refractivity contribution >= 4 is 38.2 Å². The normalized spacial score (nSPS) is 18.3. The van der Waals surface area contributed by atoms with E-state index in [4.69, 9.17) is 16.4 Å².